The third-order valence-corrected chi connectivity index (χ3v) is 5.98. The molecule has 2 aromatic rings. The van der Waals surface area contributed by atoms with Crippen LogP contribution in [0.4, 0.5) is 4.39 Å². The average molecular weight is 398 g/mol. The molecule has 0 saturated heterocycles. The van der Waals surface area contributed by atoms with Gasteiger partial charge in [0.1, 0.15) is 11.4 Å². The van der Waals surface area contributed by atoms with Crippen molar-refractivity contribution in [1.29, 1.82) is 0 Å². The fraction of sp³-hybridized carbons (Fsp3) is 0.435. The van der Waals surface area contributed by atoms with Crippen LogP contribution in [0.3, 0.4) is 0 Å². The minimum absolute atomic E-state index is 0.0940. The van der Waals surface area contributed by atoms with Gasteiger partial charge in [0.05, 0.1) is 6.54 Å². The lowest BCUT2D eigenvalue weighted by Crippen LogP contribution is -2.52. The number of nitrogens with one attached hydrogen (secondary N) is 1. The Balaban J connectivity index is 1.52. The molecule has 0 atom stereocenters. The molecule has 5 nitrogen and oxygen atoms in total. The van der Waals surface area contributed by atoms with Gasteiger partial charge in [-0.1, -0.05) is 30.3 Å². The van der Waals surface area contributed by atoms with E-state index in [1.807, 2.05) is 31.3 Å². The molecule has 154 valence electrons. The van der Waals surface area contributed by atoms with Gasteiger partial charge in [0.15, 0.2) is 18.2 Å². The third kappa shape index (κ3) is 4.37. The first-order valence-electron chi connectivity index (χ1n) is 10.2. The maximum Gasteiger partial charge on any atom is 0.260 e. The van der Waals surface area contributed by atoms with Crippen LogP contribution in [0.15, 0.2) is 48.5 Å². The number of carbonyl (C=O) groups is 1. The molecule has 0 radical (unpaired) electrons. The molecule has 4 rings (SSSR count). The Bertz CT molecular complexity index is 865. The molecule has 1 spiro atoms. The molecule has 2 aromatic carbocycles. The lowest BCUT2D eigenvalue weighted by Gasteiger charge is -2.41. The van der Waals surface area contributed by atoms with Crippen LogP contribution in [0, 0.1) is 5.82 Å². The van der Waals surface area contributed by atoms with E-state index in [9.17, 15) is 9.18 Å². The molecule has 0 unspecified atom stereocenters. The summed E-state index contributed by atoms with van der Waals surface area (Å²) in [6.07, 6.45) is 3.77. The Kier molecular flexibility index (Phi) is 5.72. The van der Waals surface area contributed by atoms with Crippen molar-refractivity contribution in [3.63, 3.8) is 0 Å². The van der Waals surface area contributed by atoms with Gasteiger partial charge in [-0.05, 0) is 50.9 Å². The summed E-state index contributed by atoms with van der Waals surface area (Å²) < 4.78 is 25.8. The van der Waals surface area contributed by atoms with E-state index in [1.165, 1.54) is 12.1 Å². The van der Waals surface area contributed by atoms with Gasteiger partial charge in [0.2, 0.25) is 0 Å². The first-order chi connectivity index (χ1) is 14.1. The van der Waals surface area contributed by atoms with Crippen LogP contribution in [-0.4, -0.2) is 42.6 Å². The second kappa shape index (κ2) is 8.41. The number of carbonyl (C=O) groups excluding carboxylic acids is 1. The Hall–Kier alpha value is -2.60. The van der Waals surface area contributed by atoms with E-state index in [0.29, 0.717) is 19.1 Å². The number of hydrogen-bond acceptors (Lipinski definition) is 4. The highest BCUT2D eigenvalue weighted by molar-refractivity contribution is 5.78. The molecule has 2 aliphatic rings. The summed E-state index contributed by atoms with van der Waals surface area (Å²) in [5.41, 5.74) is 0.590. The van der Waals surface area contributed by atoms with Crippen LogP contribution >= 0.6 is 0 Å². The molecule has 0 aromatic heterocycles. The minimum Gasteiger partial charge on any atom is -0.485 e. The predicted octanol–water partition coefficient (Wildman–Crippen LogP) is 3.53. The molecule has 1 aliphatic heterocycles. The van der Waals surface area contributed by atoms with Crippen molar-refractivity contribution in [2.45, 2.75) is 43.9 Å². The normalized spacial score (nSPS) is 23.8. The zero-order valence-electron chi connectivity index (χ0n) is 16.7. The molecule has 6 heteroatoms. The van der Waals surface area contributed by atoms with E-state index in [4.69, 9.17) is 9.47 Å². The topological polar surface area (TPSA) is 50.8 Å². The van der Waals surface area contributed by atoms with Crippen molar-refractivity contribution in [3.05, 3.63) is 59.9 Å². The zero-order valence-corrected chi connectivity index (χ0v) is 16.7. The maximum atomic E-state index is 13.8. The number of ether oxygens (including phenoxy) is 2. The van der Waals surface area contributed by atoms with Crippen molar-refractivity contribution in [2.75, 3.05) is 20.2 Å². The lowest BCUT2D eigenvalue weighted by molar-refractivity contribution is -0.137. The number of halogens is 1. The van der Waals surface area contributed by atoms with Crippen LogP contribution < -0.4 is 14.8 Å². The number of benzene rings is 2. The Morgan fingerprint density at radius 2 is 1.93 bits per heavy atom. The number of nitrogens with zero attached hydrogens (tertiary/aromatic N) is 1. The Morgan fingerprint density at radius 1 is 1.21 bits per heavy atom. The lowest BCUT2D eigenvalue weighted by atomic mass is 9.81. The van der Waals surface area contributed by atoms with Crippen LogP contribution in [0.25, 0.3) is 0 Å². The molecule has 0 bridgehead atoms. The smallest absolute Gasteiger partial charge is 0.260 e. The summed E-state index contributed by atoms with van der Waals surface area (Å²) in [6, 6.07) is 14.5. The van der Waals surface area contributed by atoms with Crippen LogP contribution in [-0.2, 0) is 11.3 Å². The highest BCUT2D eigenvalue weighted by atomic mass is 19.1. The van der Waals surface area contributed by atoms with Crippen LogP contribution in [0.2, 0.25) is 0 Å². The summed E-state index contributed by atoms with van der Waals surface area (Å²) in [5.74, 6) is 0.313. The molecular formula is C23H27FN2O3. The highest BCUT2D eigenvalue weighted by Gasteiger charge is 2.42. The number of para-hydroxylation sites is 2. The van der Waals surface area contributed by atoms with Gasteiger partial charge in [0, 0.05) is 18.2 Å². The Morgan fingerprint density at radius 3 is 2.69 bits per heavy atom. The number of hydrogen-bond donors (Lipinski definition) is 1. The zero-order chi connectivity index (χ0) is 20.3. The molecular weight excluding hydrogens is 371 g/mol. The fourth-order valence-electron chi connectivity index (χ4n) is 4.27. The summed E-state index contributed by atoms with van der Waals surface area (Å²) in [4.78, 5) is 14.8. The van der Waals surface area contributed by atoms with Gasteiger partial charge in [-0.2, -0.15) is 0 Å². The summed E-state index contributed by atoms with van der Waals surface area (Å²) in [7, 11) is 1.99. The van der Waals surface area contributed by atoms with E-state index in [-0.39, 0.29) is 18.3 Å². The van der Waals surface area contributed by atoms with Gasteiger partial charge in [-0.15, -0.1) is 0 Å². The highest BCUT2D eigenvalue weighted by Crippen LogP contribution is 2.38. The number of fused-ring (bicyclic) bond motifs is 1. The van der Waals surface area contributed by atoms with Crippen molar-refractivity contribution < 1.29 is 18.7 Å². The standard InChI is InChI=1S/C23H27FN2O3/c1-25-18-10-12-23(13-11-18)16-26(14-17-6-2-4-8-20(17)29-23)22(27)15-28-21-9-5-3-7-19(21)24/h2-9,18,25H,10-16H2,1H3. The molecule has 29 heavy (non-hydrogen) atoms. The molecule has 1 N–H and O–H groups in total. The van der Waals surface area contributed by atoms with E-state index >= 15 is 0 Å². The second-order valence-corrected chi connectivity index (χ2v) is 7.92. The molecule has 1 aliphatic carbocycles. The van der Waals surface area contributed by atoms with E-state index in [1.54, 1.807) is 17.0 Å². The molecule has 1 fully saturated rings. The third-order valence-electron chi connectivity index (χ3n) is 5.98. The van der Waals surface area contributed by atoms with E-state index < -0.39 is 11.4 Å². The first-order valence-corrected chi connectivity index (χ1v) is 10.2. The quantitative estimate of drug-likeness (QED) is 0.856. The Labute approximate surface area is 170 Å². The number of amides is 1. The van der Waals surface area contributed by atoms with Crippen molar-refractivity contribution in [2.24, 2.45) is 0 Å². The van der Waals surface area contributed by atoms with Gasteiger partial charge in [-0.25, -0.2) is 4.39 Å². The summed E-state index contributed by atoms with van der Waals surface area (Å²) >= 11 is 0. The predicted molar refractivity (Wildman–Crippen MR) is 108 cm³/mol. The van der Waals surface area contributed by atoms with Crippen molar-refractivity contribution in [3.8, 4) is 11.5 Å². The monoisotopic (exact) mass is 398 g/mol. The minimum atomic E-state index is -0.466. The maximum absolute atomic E-state index is 13.8. The van der Waals surface area contributed by atoms with Crippen LogP contribution in [0.1, 0.15) is 31.2 Å². The van der Waals surface area contributed by atoms with Gasteiger partial charge in [-0.3, -0.25) is 4.79 Å². The van der Waals surface area contributed by atoms with Crippen LogP contribution in [0.5, 0.6) is 11.5 Å². The van der Waals surface area contributed by atoms with Gasteiger partial charge in [0.25, 0.3) is 5.91 Å². The SMILES string of the molecule is CNC1CCC2(CC1)CN(C(=O)COc1ccccc1F)Cc1ccccc1O2. The molecule has 1 amide bonds. The van der Waals surface area contributed by atoms with E-state index in [0.717, 1.165) is 37.0 Å². The fourth-order valence-corrected chi connectivity index (χ4v) is 4.27. The van der Waals surface area contributed by atoms with E-state index in [2.05, 4.69) is 5.32 Å². The molecule has 1 heterocycles. The van der Waals surface area contributed by atoms with Gasteiger partial charge < -0.3 is 19.7 Å². The summed E-state index contributed by atoms with van der Waals surface area (Å²) in [5, 5.41) is 3.35. The van der Waals surface area contributed by atoms with Crippen molar-refractivity contribution in [1.82, 2.24) is 10.2 Å². The summed E-state index contributed by atoms with van der Waals surface area (Å²) in [6.45, 7) is 0.781. The number of rotatable bonds is 4. The molecule has 1 saturated carbocycles. The average Bonchev–Trinajstić information content (AvgIpc) is 2.90. The van der Waals surface area contributed by atoms with Gasteiger partial charge >= 0.3 is 0 Å². The second-order valence-electron chi connectivity index (χ2n) is 7.92. The van der Waals surface area contributed by atoms with Crippen molar-refractivity contribution >= 4 is 5.91 Å². The first kappa shape index (κ1) is 19.7. The largest absolute Gasteiger partial charge is 0.485 e.